The van der Waals surface area contributed by atoms with E-state index in [2.05, 4.69) is 237 Å². The minimum Gasteiger partial charge on any atom is -0.455 e. The highest BCUT2D eigenvalue weighted by molar-refractivity contribution is 6.09. The summed E-state index contributed by atoms with van der Waals surface area (Å²) in [5, 5.41) is 3.28. The first kappa shape index (κ1) is 39.6. The van der Waals surface area contributed by atoms with Crippen molar-refractivity contribution in [2.24, 2.45) is 0 Å². The van der Waals surface area contributed by atoms with E-state index in [0.29, 0.717) is 5.95 Å². The van der Waals surface area contributed by atoms with Gasteiger partial charge in [0.25, 0.3) is 0 Å². The molecule has 69 heavy (non-hydrogen) atoms. The molecule has 0 saturated heterocycles. The molecule has 2 aromatic heterocycles. The molecule has 3 aliphatic rings. The fraction of sp³-hybridized carbons (Fsp3) is 0.0769. The molecule has 2 unspecified atom stereocenters. The number of benzene rings is 9. The minimum atomic E-state index is -0.0747. The average molecular weight is 884 g/mol. The summed E-state index contributed by atoms with van der Waals surface area (Å²) in [4.78, 5) is 13.3. The van der Waals surface area contributed by atoms with Gasteiger partial charge >= 0.3 is 0 Å². The zero-order chi connectivity index (χ0) is 45.8. The number of rotatable bonds is 6. The second kappa shape index (κ2) is 15.2. The smallest absolute Gasteiger partial charge is 0.231 e. The van der Waals surface area contributed by atoms with Gasteiger partial charge in [0, 0.05) is 44.2 Å². The molecule has 3 heterocycles. The zero-order valence-corrected chi connectivity index (χ0v) is 38.3. The van der Waals surface area contributed by atoms with Crippen molar-refractivity contribution in [2.45, 2.75) is 31.2 Å². The van der Waals surface area contributed by atoms with Gasteiger partial charge in [0.05, 0.1) is 22.9 Å². The lowest BCUT2D eigenvalue weighted by atomic mass is 9.82. The molecule has 0 amide bonds. The highest BCUT2D eigenvalue weighted by atomic mass is 16.3. The standard InChI is InChI=1S/C65H45N3O/c1-65(2)56-29-9-6-22-49(56)54-38-44(32-34-57(54)65)42-19-12-18-41(36-42)43-20-13-21-45(37-43)47-25-14-27-51-55-39-46(48-26-15-28-52-50-23-8-11-31-60(50)69-63(48)52)33-35-59(55)68(62(47)51)64-66-58-30-10-7-24-53(58)61(67-64)40-16-4-3-5-17-40/h3-39,55,59H,1-2H3. The average Bonchev–Trinajstić information content (AvgIpc) is 4.03. The number of para-hydroxylation sites is 4. The summed E-state index contributed by atoms with van der Waals surface area (Å²) in [6.45, 7) is 4.68. The van der Waals surface area contributed by atoms with Gasteiger partial charge in [-0.2, -0.15) is 0 Å². The van der Waals surface area contributed by atoms with Crippen molar-refractivity contribution in [1.29, 1.82) is 0 Å². The van der Waals surface area contributed by atoms with Crippen molar-refractivity contribution in [1.82, 2.24) is 9.97 Å². The van der Waals surface area contributed by atoms with Crippen LogP contribution in [0.5, 0.6) is 0 Å². The molecule has 0 N–H and O–H groups in total. The van der Waals surface area contributed by atoms with E-state index < -0.39 is 0 Å². The van der Waals surface area contributed by atoms with Crippen LogP contribution >= 0.6 is 0 Å². The number of nitrogens with zero attached hydrogens (tertiary/aromatic N) is 3. The first-order chi connectivity index (χ1) is 34.0. The van der Waals surface area contributed by atoms with Crippen molar-refractivity contribution in [2.75, 3.05) is 4.90 Å². The van der Waals surface area contributed by atoms with Crippen LogP contribution in [0.2, 0.25) is 0 Å². The van der Waals surface area contributed by atoms with Gasteiger partial charge in [-0.15, -0.1) is 0 Å². The van der Waals surface area contributed by atoms with Crippen LogP contribution in [-0.4, -0.2) is 16.0 Å². The predicted molar refractivity (Wildman–Crippen MR) is 285 cm³/mol. The Bertz CT molecular complexity index is 3970. The third-order valence-electron chi connectivity index (χ3n) is 15.0. The van der Waals surface area contributed by atoms with Gasteiger partial charge in [-0.3, -0.25) is 0 Å². The van der Waals surface area contributed by atoms with Crippen LogP contribution < -0.4 is 4.90 Å². The number of anilines is 2. The lowest BCUT2D eigenvalue weighted by Crippen LogP contribution is -2.30. The molecular weight excluding hydrogens is 839 g/mol. The SMILES string of the molecule is CC1(C)c2ccccc2-c2cc(-c3cccc(-c4cccc(-c5cccc6c5N(c5nc(-c7ccccc7)c7ccccc7n5)C5C=CC(c7cccc8c7oc7ccccc78)=CC65)c4)c3)ccc21. The molecule has 2 atom stereocenters. The van der Waals surface area contributed by atoms with Crippen molar-refractivity contribution < 1.29 is 4.42 Å². The van der Waals surface area contributed by atoms with E-state index in [0.717, 1.165) is 77.6 Å². The number of aromatic nitrogens is 2. The van der Waals surface area contributed by atoms with Crippen LogP contribution in [0.15, 0.2) is 229 Å². The van der Waals surface area contributed by atoms with E-state index in [-0.39, 0.29) is 17.4 Å². The summed E-state index contributed by atoms with van der Waals surface area (Å²) in [5.74, 6) is 0.693. The maximum atomic E-state index is 6.59. The van der Waals surface area contributed by atoms with Crippen molar-refractivity contribution in [3.63, 3.8) is 0 Å². The molecule has 11 aromatic rings. The Morgan fingerprint density at radius 1 is 0.478 bits per heavy atom. The molecule has 4 nitrogen and oxygen atoms in total. The molecule has 1 aliphatic heterocycles. The van der Waals surface area contributed by atoms with Crippen LogP contribution in [0, 0.1) is 0 Å². The van der Waals surface area contributed by atoms with Crippen molar-refractivity contribution in [3.05, 3.63) is 247 Å². The maximum Gasteiger partial charge on any atom is 0.231 e. The number of allylic oxidation sites excluding steroid dienone is 2. The van der Waals surface area contributed by atoms with Crippen molar-refractivity contribution >= 4 is 50.1 Å². The van der Waals surface area contributed by atoms with Crippen LogP contribution in [0.4, 0.5) is 11.6 Å². The van der Waals surface area contributed by atoms with Crippen LogP contribution in [0.3, 0.4) is 0 Å². The lowest BCUT2D eigenvalue weighted by molar-refractivity contribution is 0.660. The Morgan fingerprint density at radius 2 is 1.10 bits per heavy atom. The Morgan fingerprint density at radius 3 is 1.96 bits per heavy atom. The quantitative estimate of drug-likeness (QED) is 0.167. The fourth-order valence-electron chi connectivity index (χ4n) is 11.7. The highest BCUT2D eigenvalue weighted by Crippen LogP contribution is 2.54. The molecule has 0 radical (unpaired) electrons. The van der Waals surface area contributed by atoms with Gasteiger partial charge < -0.3 is 9.32 Å². The van der Waals surface area contributed by atoms with E-state index in [4.69, 9.17) is 14.4 Å². The second-order valence-corrected chi connectivity index (χ2v) is 19.2. The van der Waals surface area contributed by atoms with Crippen LogP contribution in [0.25, 0.3) is 94.2 Å². The normalized spacial score (nSPS) is 16.4. The monoisotopic (exact) mass is 883 g/mol. The van der Waals surface area contributed by atoms with E-state index in [1.165, 1.54) is 44.5 Å². The van der Waals surface area contributed by atoms with Crippen molar-refractivity contribution in [3.8, 4) is 55.8 Å². The zero-order valence-electron chi connectivity index (χ0n) is 38.3. The van der Waals surface area contributed by atoms with E-state index in [9.17, 15) is 0 Å². The van der Waals surface area contributed by atoms with Crippen LogP contribution in [0.1, 0.15) is 42.0 Å². The Labute approximate surface area is 401 Å². The highest BCUT2D eigenvalue weighted by Gasteiger charge is 2.42. The fourth-order valence-corrected chi connectivity index (χ4v) is 11.7. The van der Waals surface area contributed by atoms with Gasteiger partial charge in [-0.1, -0.05) is 208 Å². The number of hydrogen-bond donors (Lipinski definition) is 0. The third kappa shape index (κ3) is 6.15. The molecule has 0 fully saturated rings. The van der Waals surface area contributed by atoms with Gasteiger partial charge in [0.2, 0.25) is 5.95 Å². The van der Waals surface area contributed by atoms with E-state index in [1.807, 2.05) is 6.07 Å². The number of hydrogen-bond acceptors (Lipinski definition) is 4. The summed E-state index contributed by atoms with van der Waals surface area (Å²) < 4.78 is 6.59. The molecule has 0 saturated carbocycles. The Kier molecular flexibility index (Phi) is 8.72. The van der Waals surface area contributed by atoms with Gasteiger partial charge in [-0.25, -0.2) is 9.97 Å². The first-order valence-corrected chi connectivity index (χ1v) is 24.0. The van der Waals surface area contributed by atoms with E-state index >= 15 is 0 Å². The minimum absolute atomic E-state index is 0.0135. The second-order valence-electron chi connectivity index (χ2n) is 19.2. The molecular formula is C65H45N3O. The summed E-state index contributed by atoms with van der Waals surface area (Å²) in [6.07, 6.45) is 7.07. The summed E-state index contributed by atoms with van der Waals surface area (Å²) in [6, 6.07) is 74.4. The molecule has 9 aromatic carbocycles. The third-order valence-corrected chi connectivity index (χ3v) is 15.0. The topological polar surface area (TPSA) is 42.2 Å². The molecule has 0 spiro atoms. The van der Waals surface area contributed by atoms with Gasteiger partial charge in [0.1, 0.15) is 11.2 Å². The van der Waals surface area contributed by atoms with Gasteiger partial charge in [0.15, 0.2) is 0 Å². The number of furan rings is 1. The largest absolute Gasteiger partial charge is 0.455 e. The Hall–Kier alpha value is -8.60. The summed E-state index contributed by atoms with van der Waals surface area (Å²) in [5.41, 5.74) is 21.8. The molecule has 14 rings (SSSR count). The molecule has 326 valence electrons. The Balaban J connectivity index is 0.912. The summed E-state index contributed by atoms with van der Waals surface area (Å²) in [7, 11) is 0. The predicted octanol–water partition coefficient (Wildman–Crippen LogP) is 16.8. The molecule has 0 bridgehead atoms. The lowest BCUT2D eigenvalue weighted by Gasteiger charge is -2.29. The molecule has 4 heteroatoms. The first-order valence-electron chi connectivity index (χ1n) is 24.0. The summed E-state index contributed by atoms with van der Waals surface area (Å²) >= 11 is 0. The van der Waals surface area contributed by atoms with E-state index in [1.54, 1.807) is 0 Å². The molecule has 2 aliphatic carbocycles. The van der Waals surface area contributed by atoms with Gasteiger partial charge in [-0.05, 0) is 91.5 Å². The van der Waals surface area contributed by atoms with Crippen LogP contribution in [-0.2, 0) is 5.41 Å². The number of fused-ring (bicyclic) bond motifs is 10. The maximum absolute atomic E-state index is 6.59.